The summed E-state index contributed by atoms with van der Waals surface area (Å²) in [7, 11) is 0. The quantitative estimate of drug-likeness (QED) is 0.405. The predicted octanol–water partition coefficient (Wildman–Crippen LogP) is 4.67. The van der Waals surface area contributed by atoms with Crippen molar-refractivity contribution < 1.29 is 15.0 Å². The van der Waals surface area contributed by atoms with Crippen LogP contribution in [0.2, 0.25) is 0 Å². The van der Waals surface area contributed by atoms with Crippen LogP contribution in [0.3, 0.4) is 0 Å². The number of benzene rings is 4. The van der Waals surface area contributed by atoms with Gasteiger partial charge in [-0.1, -0.05) is 103 Å². The van der Waals surface area contributed by atoms with Crippen LogP contribution in [0.15, 0.2) is 115 Å². The molecule has 3 N–H and O–H groups in total. The van der Waals surface area contributed by atoms with Gasteiger partial charge in [0.25, 0.3) is 5.91 Å². The Morgan fingerprint density at radius 2 is 1.19 bits per heavy atom. The zero-order valence-corrected chi connectivity index (χ0v) is 17.6. The Morgan fingerprint density at radius 1 is 0.719 bits per heavy atom. The molecule has 0 fully saturated rings. The summed E-state index contributed by atoms with van der Waals surface area (Å²) in [5.41, 5.74) is 0.974. The average Bonchev–Trinajstić information content (AvgIpc) is 2.85. The topological polar surface area (TPSA) is 69.6 Å². The largest absolute Gasteiger partial charge is 0.507 e. The van der Waals surface area contributed by atoms with Crippen LogP contribution in [0, 0.1) is 0 Å². The molecule has 32 heavy (non-hydrogen) atoms. The molecule has 4 heteroatoms. The van der Waals surface area contributed by atoms with Gasteiger partial charge in [-0.05, 0) is 35.2 Å². The van der Waals surface area contributed by atoms with E-state index in [0.717, 1.165) is 5.56 Å². The fraction of sp³-hybridized carbons (Fsp3) is 0.107. The molecule has 0 saturated heterocycles. The van der Waals surface area contributed by atoms with Crippen LogP contribution in [0.25, 0.3) is 0 Å². The number of aliphatic hydroxyl groups is 1. The maximum Gasteiger partial charge on any atom is 0.255 e. The lowest BCUT2D eigenvalue weighted by Gasteiger charge is -2.38. The monoisotopic (exact) mass is 423 g/mol. The molecule has 0 aliphatic heterocycles. The maximum atomic E-state index is 13.2. The first-order chi connectivity index (χ1) is 15.6. The molecule has 160 valence electrons. The van der Waals surface area contributed by atoms with Gasteiger partial charge in [-0.25, -0.2) is 0 Å². The third kappa shape index (κ3) is 4.41. The minimum atomic E-state index is -1.50. The second-order valence-electron chi connectivity index (χ2n) is 7.73. The fourth-order valence-corrected chi connectivity index (χ4v) is 4.01. The molecule has 0 aliphatic rings. The van der Waals surface area contributed by atoms with Crippen LogP contribution >= 0.6 is 0 Å². The molecule has 4 aromatic carbocycles. The summed E-state index contributed by atoms with van der Waals surface area (Å²) in [4.78, 5) is 13.2. The third-order valence-corrected chi connectivity index (χ3v) is 5.67. The standard InChI is InChI=1S/C28H25NO3/c30-25-19-11-10-18-24(25)27(31)29-26(20-21-12-4-1-5-13-21)28(32,22-14-6-2-7-15-22)23-16-8-3-9-17-23/h1-19,26,30,32H,20H2,(H,29,31)/t26-/m0/s1. The molecule has 1 atom stereocenters. The molecule has 0 saturated carbocycles. The van der Waals surface area contributed by atoms with E-state index in [1.807, 2.05) is 91.0 Å². The normalized spacial score (nSPS) is 12.2. The number of rotatable bonds is 7. The Balaban J connectivity index is 1.82. The number of nitrogens with one attached hydrogen (secondary N) is 1. The van der Waals surface area contributed by atoms with E-state index in [4.69, 9.17) is 0 Å². The fourth-order valence-electron chi connectivity index (χ4n) is 4.01. The predicted molar refractivity (Wildman–Crippen MR) is 125 cm³/mol. The minimum Gasteiger partial charge on any atom is -0.507 e. The van der Waals surface area contributed by atoms with Crippen molar-refractivity contribution >= 4 is 5.91 Å². The van der Waals surface area contributed by atoms with Gasteiger partial charge in [0, 0.05) is 0 Å². The molecular weight excluding hydrogens is 398 g/mol. The highest BCUT2D eigenvalue weighted by Gasteiger charge is 2.41. The van der Waals surface area contributed by atoms with Crippen molar-refractivity contribution in [3.63, 3.8) is 0 Å². The van der Waals surface area contributed by atoms with E-state index in [0.29, 0.717) is 17.5 Å². The van der Waals surface area contributed by atoms with Crippen LogP contribution in [-0.2, 0) is 12.0 Å². The van der Waals surface area contributed by atoms with Crippen molar-refractivity contribution in [1.29, 1.82) is 0 Å². The molecule has 4 aromatic rings. The molecule has 4 rings (SSSR count). The molecule has 4 nitrogen and oxygen atoms in total. The Morgan fingerprint density at radius 3 is 1.72 bits per heavy atom. The number of carbonyl (C=O) groups excluding carboxylic acids is 1. The van der Waals surface area contributed by atoms with E-state index in [1.165, 1.54) is 6.07 Å². The van der Waals surface area contributed by atoms with E-state index < -0.39 is 17.6 Å². The Labute approximate surface area is 187 Å². The summed E-state index contributed by atoms with van der Waals surface area (Å²) < 4.78 is 0. The zero-order chi connectivity index (χ0) is 22.4. The number of aromatic hydroxyl groups is 1. The van der Waals surface area contributed by atoms with Crippen molar-refractivity contribution in [3.8, 4) is 5.75 Å². The zero-order valence-electron chi connectivity index (χ0n) is 17.6. The lowest BCUT2D eigenvalue weighted by molar-refractivity contribution is 0.0344. The summed E-state index contributed by atoms with van der Waals surface area (Å²) >= 11 is 0. The number of amides is 1. The van der Waals surface area contributed by atoms with Crippen molar-refractivity contribution in [2.24, 2.45) is 0 Å². The number of phenols is 1. The summed E-state index contributed by atoms with van der Waals surface area (Å²) in [6.07, 6.45) is 0.389. The molecule has 0 unspecified atom stereocenters. The first-order valence-electron chi connectivity index (χ1n) is 10.5. The van der Waals surface area contributed by atoms with Crippen molar-refractivity contribution in [2.45, 2.75) is 18.1 Å². The van der Waals surface area contributed by atoms with Crippen molar-refractivity contribution in [1.82, 2.24) is 5.32 Å². The van der Waals surface area contributed by atoms with Crippen molar-refractivity contribution in [3.05, 3.63) is 138 Å². The van der Waals surface area contributed by atoms with Crippen LogP contribution in [0.4, 0.5) is 0 Å². The average molecular weight is 424 g/mol. The van der Waals surface area contributed by atoms with Gasteiger partial charge >= 0.3 is 0 Å². The molecule has 0 bridgehead atoms. The highest BCUT2D eigenvalue weighted by Crippen LogP contribution is 2.35. The summed E-state index contributed by atoms with van der Waals surface area (Å²) in [6, 6.07) is 34.1. The lowest BCUT2D eigenvalue weighted by Crippen LogP contribution is -2.52. The summed E-state index contributed by atoms with van der Waals surface area (Å²) in [5, 5.41) is 25.5. The first kappa shape index (κ1) is 21.3. The van der Waals surface area contributed by atoms with Crippen molar-refractivity contribution in [2.75, 3.05) is 0 Å². The molecule has 0 aromatic heterocycles. The summed E-state index contributed by atoms with van der Waals surface area (Å²) in [6.45, 7) is 0. The van der Waals surface area contributed by atoms with Gasteiger partial charge in [-0.2, -0.15) is 0 Å². The lowest BCUT2D eigenvalue weighted by atomic mass is 9.77. The van der Waals surface area contributed by atoms with Crippen LogP contribution in [0.5, 0.6) is 5.75 Å². The van der Waals surface area contributed by atoms with Gasteiger partial charge in [0.2, 0.25) is 0 Å². The smallest absolute Gasteiger partial charge is 0.255 e. The highest BCUT2D eigenvalue weighted by molar-refractivity contribution is 5.97. The van der Waals surface area contributed by atoms with E-state index in [9.17, 15) is 15.0 Å². The minimum absolute atomic E-state index is 0.105. The number of hydrogen-bond donors (Lipinski definition) is 3. The maximum absolute atomic E-state index is 13.2. The molecule has 1 amide bonds. The van der Waals surface area contributed by atoms with Gasteiger partial charge in [0.1, 0.15) is 11.4 Å². The molecular formula is C28H25NO3. The van der Waals surface area contributed by atoms with Gasteiger partial charge in [-0.3, -0.25) is 4.79 Å². The Kier molecular flexibility index (Phi) is 6.34. The van der Waals surface area contributed by atoms with E-state index >= 15 is 0 Å². The van der Waals surface area contributed by atoms with E-state index in [1.54, 1.807) is 18.2 Å². The van der Waals surface area contributed by atoms with Gasteiger partial charge in [-0.15, -0.1) is 0 Å². The first-order valence-corrected chi connectivity index (χ1v) is 10.5. The second kappa shape index (κ2) is 9.50. The van der Waals surface area contributed by atoms with Crippen LogP contribution in [-0.4, -0.2) is 22.2 Å². The Hall–Kier alpha value is -3.89. The third-order valence-electron chi connectivity index (χ3n) is 5.67. The van der Waals surface area contributed by atoms with E-state index in [-0.39, 0.29) is 11.3 Å². The van der Waals surface area contributed by atoms with Gasteiger partial charge in [0.05, 0.1) is 11.6 Å². The number of phenolic OH excluding ortho intramolecular Hbond substituents is 1. The second-order valence-corrected chi connectivity index (χ2v) is 7.73. The summed E-state index contributed by atoms with van der Waals surface area (Å²) in [5.74, 6) is -0.555. The van der Waals surface area contributed by atoms with Gasteiger partial charge in [0.15, 0.2) is 0 Å². The highest BCUT2D eigenvalue weighted by atomic mass is 16.3. The molecule has 0 spiro atoms. The SMILES string of the molecule is O=C(N[C@@H](Cc1ccccc1)C(O)(c1ccccc1)c1ccccc1)c1ccccc1O. The van der Waals surface area contributed by atoms with Crippen LogP contribution < -0.4 is 5.32 Å². The molecule has 0 radical (unpaired) electrons. The number of para-hydroxylation sites is 1. The van der Waals surface area contributed by atoms with Crippen LogP contribution in [0.1, 0.15) is 27.0 Å². The van der Waals surface area contributed by atoms with E-state index in [2.05, 4.69) is 5.32 Å². The number of carbonyl (C=O) groups is 1. The Bertz CT molecular complexity index is 1120. The molecule has 0 aliphatic carbocycles. The number of hydrogen-bond acceptors (Lipinski definition) is 3. The molecule has 0 heterocycles. The van der Waals surface area contributed by atoms with Gasteiger partial charge < -0.3 is 15.5 Å².